The second-order valence-corrected chi connectivity index (χ2v) is 11.3. The number of rotatable bonds is 3. The van der Waals surface area contributed by atoms with Gasteiger partial charge in [-0.2, -0.15) is 0 Å². The molecule has 1 fully saturated rings. The molecule has 1 heterocycles. The lowest BCUT2D eigenvalue weighted by molar-refractivity contribution is -0.123. The molecule has 0 bridgehead atoms. The number of amides is 2. The Hall–Kier alpha value is -4.06. The zero-order valence-corrected chi connectivity index (χ0v) is 22.6. The van der Waals surface area contributed by atoms with Crippen molar-refractivity contribution >= 4 is 29.1 Å². The van der Waals surface area contributed by atoms with Crippen LogP contribution >= 0.6 is 0 Å². The van der Waals surface area contributed by atoms with Crippen molar-refractivity contribution < 1.29 is 24.3 Å². The average molecular weight is 522 g/mol. The van der Waals surface area contributed by atoms with Crippen LogP contribution in [0.2, 0.25) is 0 Å². The zero-order chi connectivity index (χ0) is 27.7. The molecular weight excluding hydrogens is 490 g/mol. The summed E-state index contributed by atoms with van der Waals surface area (Å²) in [5.74, 6) is -2.62. The van der Waals surface area contributed by atoms with E-state index >= 15 is 0 Å². The number of phenols is 1. The van der Waals surface area contributed by atoms with E-state index in [1.165, 1.54) is 11.0 Å². The van der Waals surface area contributed by atoms with Crippen LogP contribution in [0.1, 0.15) is 54.9 Å². The van der Waals surface area contributed by atoms with Crippen LogP contribution in [-0.2, 0) is 25.6 Å². The van der Waals surface area contributed by atoms with Gasteiger partial charge in [-0.3, -0.25) is 24.1 Å². The number of aryl methyl sites for hydroxylation is 3. The van der Waals surface area contributed by atoms with E-state index in [0.29, 0.717) is 40.0 Å². The van der Waals surface area contributed by atoms with Crippen LogP contribution in [0.3, 0.4) is 0 Å². The Bertz CT molecular complexity index is 1550. The predicted molar refractivity (Wildman–Crippen MR) is 147 cm³/mol. The molecule has 4 aliphatic rings. The predicted octanol–water partition coefficient (Wildman–Crippen LogP) is 5.21. The summed E-state index contributed by atoms with van der Waals surface area (Å²) >= 11 is 0. The van der Waals surface area contributed by atoms with Crippen molar-refractivity contribution in [2.75, 3.05) is 4.90 Å². The summed E-state index contributed by atoms with van der Waals surface area (Å²) in [6.07, 6.45) is 4.93. The fourth-order valence-corrected chi connectivity index (χ4v) is 7.03. The van der Waals surface area contributed by atoms with Crippen LogP contribution in [0.25, 0.3) is 0 Å². The second-order valence-electron chi connectivity index (χ2n) is 11.3. The number of hydrogen-bond acceptors (Lipinski definition) is 5. The topological polar surface area (TPSA) is 91.8 Å². The van der Waals surface area contributed by atoms with E-state index in [4.69, 9.17) is 0 Å². The number of benzene rings is 2. The van der Waals surface area contributed by atoms with E-state index in [1.54, 1.807) is 6.92 Å². The van der Waals surface area contributed by atoms with Crippen molar-refractivity contribution in [1.29, 1.82) is 0 Å². The first-order valence-corrected chi connectivity index (χ1v) is 13.6. The Morgan fingerprint density at radius 3 is 2.23 bits per heavy atom. The van der Waals surface area contributed by atoms with Crippen LogP contribution in [0.15, 0.2) is 70.8 Å². The molecule has 198 valence electrons. The molecular formula is C33H31NO5. The molecule has 0 saturated carbocycles. The van der Waals surface area contributed by atoms with E-state index in [0.717, 1.165) is 23.1 Å². The Morgan fingerprint density at radius 2 is 1.59 bits per heavy atom. The number of phenolic OH excluding ortho intramolecular Hbond substituents is 1. The maximum Gasteiger partial charge on any atom is 0.238 e. The van der Waals surface area contributed by atoms with Crippen LogP contribution in [0.4, 0.5) is 5.69 Å². The number of imide groups is 1. The third-order valence-corrected chi connectivity index (χ3v) is 9.01. The minimum Gasteiger partial charge on any atom is -0.507 e. The molecule has 1 aliphatic heterocycles. The fourth-order valence-electron chi connectivity index (χ4n) is 7.03. The van der Waals surface area contributed by atoms with Crippen molar-refractivity contribution in [2.24, 2.45) is 17.8 Å². The van der Waals surface area contributed by atoms with Crippen LogP contribution < -0.4 is 4.90 Å². The van der Waals surface area contributed by atoms with Crippen molar-refractivity contribution in [3.63, 3.8) is 0 Å². The van der Waals surface area contributed by atoms with E-state index in [1.807, 2.05) is 56.3 Å². The number of aromatic hydroxyl groups is 1. The second kappa shape index (κ2) is 9.01. The average Bonchev–Trinajstić information content (AvgIpc) is 3.18. The number of hydrogen-bond donors (Lipinski definition) is 1. The van der Waals surface area contributed by atoms with Crippen LogP contribution in [-0.4, -0.2) is 28.5 Å². The van der Waals surface area contributed by atoms with Gasteiger partial charge >= 0.3 is 0 Å². The number of allylic oxidation sites excluding steroid dienone is 6. The molecule has 0 aromatic heterocycles. The van der Waals surface area contributed by atoms with Crippen molar-refractivity contribution in [2.45, 2.75) is 52.9 Å². The van der Waals surface area contributed by atoms with Gasteiger partial charge in [-0.15, -0.1) is 0 Å². The fraction of sp³-hybridized carbons (Fsp3) is 0.333. The molecule has 6 heteroatoms. The minimum absolute atomic E-state index is 0.161. The number of anilines is 1. The Labute approximate surface area is 227 Å². The molecule has 4 unspecified atom stereocenters. The quantitative estimate of drug-likeness (QED) is 0.340. The van der Waals surface area contributed by atoms with Gasteiger partial charge in [0.15, 0.2) is 11.6 Å². The van der Waals surface area contributed by atoms with Gasteiger partial charge < -0.3 is 5.11 Å². The highest BCUT2D eigenvalue weighted by atomic mass is 16.3. The summed E-state index contributed by atoms with van der Waals surface area (Å²) in [4.78, 5) is 55.8. The first-order valence-electron chi connectivity index (χ1n) is 13.6. The maximum absolute atomic E-state index is 14.0. The summed E-state index contributed by atoms with van der Waals surface area (Å²) in [6, 6.07) is 11.2. The highest BCUT2D eigenvalue weighted by Crippen LogP contribution is 2.55. The number of ketones is 2. The van der Waals surface area contributed by atoms with Gasteiger partial charge in [-0.1, -0.05) is 42.8 Å². The molecule has 6 rings (SSSR count). The van der Waals surface area contributed by atoms with Crippen molar-refractivity contribution in [1.82, 2.24) is 0 Å². The molecule has 1 saturated heterocycles. The highest BCUT2D eigenvalue weighted by Gasteiger charge is 2.56. The lowest BCUT2D eigenvalue weighted by atomic mass is 9.59. The largest absolute Gasteiger partial charge is 0.507 e. The third kappa shape index (κ3) is 3.68. The number of nitrogens with zero attached hydrogens (tertiary/aromatic N) is 1. The normalized spacial score (nSPS) is 26.3. The lowest BCUT2D eigenvalue weighted by Gasteiger charge is -2.42. The number of carbonyl (C=O) groups excluding carboxylic acids is 4. The molecule has 2 aromatic carbocycles. The van der Waals surface area contributed by atoms with Gasteiger partial charge in [-0.25, -0.2) is 0 Å². The monoisotopic (exact) mass is 521 g/mol. The standard InChI is InChI=1S/C33H31NO5/c1-5-19-6-8-21(9-7-19)34-32(38)23-11-10-22-24(28(23)33(34)39)15-25-26(35)14-18(4)31(37)29(25)27(22)20-12-16(2)30(36)17(3)13-20/h6-10,12-14,23-24,27-28,36H,5,11,15H2,1-4H3. The first-order chi connectivity index (χ1) is 18.6. The van der Waals surface area contributed by atoms with Crippen LogP contribution in [0, 0.1) is 31.6 Å². The molecule has 2 amide bonds. The summed E-state index contributed by atoms with van der Waals surface area (Å²) in [6.45, 7) is 7.34. The summed E-state index contributed by atoms with van der Waals surface area (Å²) in [5, 5.41) is 10.4. The van der Waals surface area contributed by atoms with Gasteiger partial charge in [0.1, 0.15) is 5.75 Å². The zero-order valence-electron chi connectivity index (χ0n) is 22.6. The van der Waals surface area contributed by atoms with E-state index in [2.05, 4.69) is 6.92 Å². The molecule has 4 atom stereocenters. The van der Waals surface area contributed by atoms with Crippen molar-refractivity contribution in [3.05, 3.63) is 93.1 Å². The minimum atomic E-state index is -0.603. The van der Waals surface area contributed by atoms with E-state index < -0.39 is 17.8 Å². The van der Waals surface area contributed by atoms with Gasteiger partial charge in [0.05, 0.1) is 17.5 Å². The van der Waals surface area contributed by atoms with E-state index in [9.17, 15) is 24.3 Å². The SMILES string of the molecule is CCc1ccc(N2C(=O)C3CC=C4C(c5cc(C)c(O)c(C)c5)C5=C(CC4C3C2=O)C(=O)C=C(C)C5=O)cc1. The number of Topliss-reactive ketones (excluding diaryl/α,β-unsaturated/α-hetero) is 1. The molecule has 39 heavy (non-hydrogen) atoms. The summed E-state index contributed by atoms with van der Waals surface area (Å²) < 4.78 is 0. The highest BCUT2D eigenvalue weighted by molar-refractivity contribution is 6.25. The molecule has 6 nitrogen and oxygen atoms in total. The Balaban J connectivity index is 1.48. The van der Waals surface area contributed by atoms with Crippen LogP contribution in [0.5, 0.6) is 5.75 Å². The number of carbonyl (C=O) groups is 4. The van der Waals surface area contributed by atoms with Crippen molar-refractivity contribution in [3.8, 4) is 5.75 Å². The molecule has 2 aromatic rings. The summed E-state index contributed by atoms with van der Waals surface area (Å²) in [5.41, 5.74) is 6.08. The van der Waals surface area contributed by atoms with E-state index in [-0.39, 0.29) is 41.5 Å². The summed E-state index contributed by atoms with van der Waals surface area (Å²) in [7, 11) is 0. The lowest BCUT2D eigenvalue weighted by Crippen LogP contribution is -2.39. The maximum atomic E-state index is 14.0. The molecule has 0 radical (unpaired) electrons. The van der Waals surface area contributed by atoms with Gasteiger partial charge in [0.2, 0.25) is 11.8 Å². The third-order valence-electron chi connectivity index (χ3n) is 9.01. The Morgan fingerprint density at radius 1 is 0.923 bits per heavy atom. The van der Waals surface area contributed by atoms with Gasteiger partial charge in [0.25, 0.3) is 0 Å². The molecule has 1 N–H and O–H groups in total. The Kier molecular flexibility index (Phi) is 5.83. The van der Waals surface area contributed by atoms with Gasteiger partial charge in [0, 0.05) is 22.6 Å². The smallest absolute Gasteiger partial charge is 0.238 e. The first kappa shape index (κ1) is 25.2. The molecule has 0 spiro atoms. The van der Waals surface area contributed by atoms with Gasteiger partial charge in [-0.05, 0) is 86.4 Å². The number of fused-ring (bicyclic) bond motifs is 3. The molecule has 3 aliphatic carbocycles.